The van der Waals surface area contributed by atoms with E-state index >= 15 is 0 Å². The maximum Gasteiger partial charge on any atom is 0.0790 e. The number of rotatable bonds is 4. The quantitative estimate of drug-likeness (QED) is 0.923. The Balaban J connectivity index is 2.24. The van der Waals surface area contributed by atoms with Gasteiger partial charge in [-0.2, -0.15) is 5.10 Å². The molecule has 0 bridgehead atoms. The fraction of sp³-hybridized carbons (Fsp3) is 0.250. The molecule has 0 amide bonds. The maximum absolute atomic E-state index is 6.21. The molecule has 3 nitrogen and oxygen atoms in total. The Labute approximate surface area is 110 Å². The standard InChI is InChI=1S/C12H13Cl2N3/c1-2-15-6-9-3-4-11(5-12(9)14)17-8-10(13)7-16-17/h3-5,7-8,15H,2,6H2,1H3. The molecule has 0 aliphatic carbocycles. The van der Waals surface area contributed by atoms with Gasteiger partial charge in [0, 0.05) is 17.8 Å². The number of halogens is 2. The lowest BCUT2D eigenvalue weighted by Crippen LogP contribution is -2.12. The van der Waals surface area contributed by atoms with Crippen LogP contribution in [0.2, 0.25) is 10.0 Å². The first-order valence-corrected chi connectivity index (χ1v) is 6.16. The van der Waals surface area contributed by atoms with E-state index in [2.05, 4.69) is 17.3 Å². The van der Waals surface area contributed by atoms with Crippen LogP contribution in [0.1, 0.15) is 12.5 Å². The number of nitrogens with one attached hydrogen (secondary N) is 1. The van der Waals surface area contributed by atoms with Gasteiger partial charge in [-0.3, -0.25) is 0 Å². The second-order valence-corrected chi connectivity index (χ2v) is 4.50. The summed E-state index contributed by atoms with van der Waals surface area (Å²) in [5.41, 5.74) is 1.98. The summed E-state index contributed by atoms with van der Waals surface area (Å²) in [7, 11) is 0. The van der Waals surface area contributed by atoms with Gasteiger partial charge in [0.05, 0.1) is 16.9 Å². The zero-order valence-electron chi connectivity index (χ0n) is 9.45. The molecule has 5 heteroatoms. The van der Waals surface area contributed by atoms with E-state index in [1.165, 1.54) is 0 Å². The third-order valence-electron chi connectivity index (χ3n) is 2.42. The highest BCUT2D eigenvalue weighted by Gasteiger charge is 2.04. The topological polar surface area (TPSA) is 29.9 Å². The monoisotopic (exact) mass is 269 g/mol. The minimum atomic E-state index is 0.609. The van der Waals surface area contributed by atoms with Gasteiger partial charge in [-0.15, -0.1) is 0 Å². The third kappa shape index (κ3) is 3.00. The number of nitrogens with zero attached hydrogens (tertiary/aromatic N) is 2. The highest BCUT2D eigenvalue weighted by atomic mass is 35.5. The fourth-order valence-corrected chi connectivity index (χ4v) is 1.90. The first-order valence-electron chi connectivity index (χ1n) is 5.40. The van der Waals surface area contributed by atoms with Crippen molar-refractivity contribution >= 4 is 23.2 Å². The highest BCUT2D eigenvalue weighted by molar-refractivity contribution is 6.31. The van der Waals surface area contributed by atoms with Gasteiger partial charge in [0.25, 0.3) is 0 Å². The summed E-state index contributed by atoms with van der Waals surface area (Å²) >= 11 is 12.0. The predicted molar refractivity (Wildman–Crippen MR) is 71.0 cm³/mol. The summed E-state index contributed by atoms with van der Waals surface area (Å²) in [5, 5.41) is 8.71. The van der Waals surface area contributed by atoms with Crippen LogP contribution in [0.5, 0.6) is 0 Å². The average Bonchev–Trinajstić information content (AvgIpc) is 2.74. The van der Waals surface area contributed by atoms with Gasteiger partial charge >= 0.3 is 0 Å². The molecule has 17 heavy (non-hydrogen) atoms. The van der Waals surface area contributed by atoms with Crippen molar-refractivity contribution in [2.45, 2.75) is 13.5 Å². The summed E-state index contributed by atoms with van der Waals surface area (Å²) in [6.45, 7) is 3.76. The smallest absolute Gasteiger partial charge is 0.0790 e. The predicted octanol–water partition coefficient (Wildman–Crippen LogP) is 3.29. The Morgan fingerprint density at radius 2 is 2.18 bits per heavy atom. The van der Waals surface area contributed by atoms with Crippen LogP contribution in [0, 0.1) is 0 Å². The molecule has 0 radical (unpaired) electrons. The van der Waals surface area contributed by atoms with E-state index in [1.54, 1.807) is 17.1 Å². The first-order chi connectivity index (χ1) is 8.20. The van der Waals surface area contributed by atoms with Crippen LogP contribution in [0.3, 0.4) is 0 Å². The molecule has 2 rings (SSSR count). The van der Waals surface area contributed by atoms with Crippen LogP contribution in [0.25, 0.3) is 5.69 Å². The van der Waals surface area contributed by atoms with Crippen LogP contribution in [-0.2, 0) is 6.54 Å². The fourth-order valence-electron chi connectivity index (χ4n) is 1.52. The molecule has 1 aromatic heterocycles. The summed E-state index contributed by atoms with van der Waals surface area (Å²) in [6.07, 6.45) is 3.35. The summed E-state index contributed by atoms with van der Waals surface area (Å²) < 4.78 is 1.70. The molecule has 0 saturated carbocycles. The largest absolute Gasteiger partial charge is 0.313 e. The normalized spacial score (nSPS) is 10.8. The van der Waals surface area contributed by atoms with Gasteiger partial charge in [0.2, 0.25) is 0 Å². The molecule has 1 N–H and O–H groups in total. The minimum absolute atomic E-state index is 0.609. The number of hydrogen-bond donors (Lipinski definition) is 1. The van der Waals surface area contributed by atoms with E-state index in [4.69, 9.17) is 23.2 Å². The molecule has 1 aromatic carbocycles. The number of aromatic nitrogens is 2. The Morgan fingerprint density at radius 1 is 1.35 bits per heavy atom. The molecule has 1 heterocycles. The zero-order chi connectivity index (χ0) is 12.3. The van der Waals surface area contributed by atoms with E-state index in [0.29, 0.717) is 5.02 Å². The van der Waals surface area contributed by atoms with Crippen molar-refractivity contribution < 1.29 is 0 Å². The Morgan fingerprint density at radius 3 is 2.76 bits per heavy atom. The van der Waals surface area contributed by atoms with Crippen LogP contribution in [0.4, 0.5) is 0 Å². The van der Waals surface area contributed by atoms with Crippen molar-refractivity contribution in [1.29, 1.82) is 0 Å². The average molecular weight is 270 g/mol. The molecule has 0 spiro atoms. The maximum atomic E-state index is 6.21. The summed E-state index contributed by atoms with van der Waals surface area (Å²) in [4.78, 5) is 0. The van der Waals surface area contributed by atoms with Crippen LogP contribution < -0.4 is 5.32 Å². The van der Waals surface area contributed by atoms with Crippen molar-refractivity contribution in [2.75, 3.05) is 6.54 Å². The van der Waals surface area contributed by atoms with E-state index in [1.807, 2.05) is 18.2 Å². The molecule has 90 valence electrons. The van der Waals surface area contributed by atoms with Gasteiger partial charge in [-0.05, 0) is 24.2 Å². The van der Waals surface area contributed by atoms with Crippen LogP contribution >= 0.6 is 23.2 Å². The summed E-state index contributed by atoms with van der Waals surface area (Å²) in [6, 6.07) is 5.86. The molecular weight excluding hydrogens is 257 g/mol. The van der Waals surface area contributed by atoms with Crippen molar-refractivity contribution in [3.05, 3.63) is 46.2 Å². The Bertz CT molecular complexity index is 508. The number of hydrogen-bond acceptors (Lipinski definition) is 2. The van der Waals surface area contributed by atoms with E-state index in [9.17, 15) is 0 Å². The molecule has 0 aliphatic heterocycles. The molecule has 2 aromatic rings. The van der Waals surface area contributed by atoms with Gasteiger partial charge < -0.3 is 5.32 Å². The first kappa shape index (κ1) is 12.4. The molecule has 0 saturated heterocycles. The van der Waals surface area contributed by atoms with Crippen molar-refractivity contribution in [1.82, 2.24) is 15.1 Å². The Hall–Kier alpha value is -1.03. The van der Waals surface area contributed by atoms with E-state index in [-0.39, 0.29) is 0 Å². The molecule has 0 aliphatic rings. The van der Waals surface area contributed by atoms with Crippen LogP contribution in [-0.4, -0.2) is 16.3 Å². The molecule has 0 atom stereocenters. The highest BCUT2D eigenvalue weighted by Crippen LogP contribution is 2.20. The van der Waals surface area contributed by atoms with E-state index in [0.717, 1.165) is 29.4 Å². The SMILES string of the molecule is CCNCc1ccc(-n2cc(Cl)cn2)cc1Cl. The zero-order valence-corrected chi connectivity index (χ0v) is 11.0. The van der Waals surface area contributed by atoms with Crippen molar-refractivity contribution in [3.8, 4) is 5.69 Å². The lowest BCUT2D eigenvalue weighted by Gasteiger charge is -2.07. The van der Waals surface area contributed by atoms with Gasteiger partial charge in [-0.25, -0.2) is 4.68 Å². The second-order valence-electron chi connectivity index (χ2n) is 3.66. The lowest BCUT2D eigenvalue weighted by atomic mass is 10.2. The Kier molecular flexibility index (Phi) is 4.05. The lowest BCUT2D eigenvalue weighted by molar-refractivity contribution is 0.726. The second kappa shape index (κ2) is 5.54. The van der Waals surface area contributed by atoms with Gasteiger partial charge in [-0.1, -0.05) is 36.2 Å². The molecule has 0 unspecified atom stereocenters. The van der Waals surface area contributed by atoms with Crippen molar-refractivity contribution in [3.63, 3.8) is 0 Å². The molecule has 0 fully saturated rings. The third-order valence-corrected chi connectivity index (χ3v) is 2.96. The minimum Gasteiger partial charge on any atom is -0.313 e. The van der Waals surface area contributed by atoms with Gasteiger partial charge in [0.1, 0.15) is 0 Å². The number of benzene rings is 1. The summed E-state index contributed by atoms with van der Waals surface area (Å²) in [5.74, 6) is 0. The van der Waals surface area contributed by atoms with E-state index < -0.39 is 0 Å². The van der Waals surface area contributed by atoms with Crippen LogP contribution in [0.15, 0.2) is 30.6 Å². The molecular formula is C12H13Cl2N3. The van der Waals surface area contributed by atoms with Gasteiger partial charge in [0.15, 0.2) is 0 Å². The van der Waals surface area contributed by atoms with Crippen molar-refractivity contribution in [2.24, 2.45) is 0 Å².